The Morgan fingerprint density at radius 2 is 1.04 bits per heavy atom. The van der Waals surface area contributed by atoms with Crippen molar-refractivity contribution in [3.63, 3.8) is 0 Å². The van der Waals surface area contributed by atoms with Crippen LogP contribution in [0.2, 0.25) is 0 Å². The molecule has 292 valence electrons. The van der Waals surface area contributed by atoms with Gasteiger partial charge in [0.1, 0.15) is 30.5 Å². The maximum Gasteiger partial charge on any atom is 0.306 e. The summed E-state index contributed by atoms with van der Waals surface area (Å²) in [6, 6.07) is 0. The summed E-state index contributed by atoms with van der Waals surface area (Å²) in [5.74, 6) is 1.18. The van der Waals surface area contributed by atoms with Crippen molar-refractivity contribution in [1.82, 2.24) is 0 Å². The lowest BCUT2D eigenvalue weighted by molar-refractivity contribution is -0.168. The molecular weight excluding hydrogens is 620 g/mol. The maximum atomic E-state index is 12.5. The fraction of sp³-hybridized carbons (Fsp3) is 0.976. The van der Waals surface area contributed by atoms with Gasteiger partial charge in [0.15, 0.2) is 6.10 Å². The number of aliphatic hydroxyl groups excluding tert-OH is 4. The van der Waals surface area contributed by atoms with Crippen LogP contribution in [0.5, 0.6) is 0 Å². The van der Waals surface area contributed by atoms with E-state index in [1.165, 1.54) is 122 Å². The SMILES string of the molecule is CCCCCCC(C)CCCCCCCCCOC[C@H](O)COC1C(OC(=O)CCCCCCCCCCCCC(C)C)[C@H](O)C(O)[C@@H]1O. The van der Waals surface area contributed by atoms with Gasteiger partial charge in [0.05, 0.1) is 13.2 Å². The van der Waals surface area contributed by atoms with Gasteiger partial charge in [0, 0.05) is 13.0 Å². The highest BCUT2D eigenvalue weighted by Crippen LogP contribution is 2.28. The highest BCUT2D eigenvalue weighted by molar-refractivity contribution is 5.69. The quantitative estimate of drug-likeness (QED) is 0.0388. The number of carbonyl (C=O) groups is 1. The van der Waals surface area contributed by atoms with Crippen LogP contribution in [0.1, 0.15) is 188 Å². The molecule has 8 nitrogen and oxygen atoms in total. The molecule has 0 aliphatic heterocycles. The van der Waals surface area contributed by atoms with Crippen molar-refractivity contribution in [3.8, 4) is 0 Å². The number of rotatable bonds is 34. The van der Waals surface area contributed by atoms with Gasteiger partial charge in [-0.05, 0) is 24.7 Å². The van der Waals surface area contributed by atoms with E-state index >= 15 is 0 Å². The standard InChI is InChI=1S/C41H80O8/c1-5-6-7-22-27-34(4)28-23-18-14-12-16-20-25-30-47-31-35(42)32-48-40-38(45)37(44)39(46)41(40)49-36(43)29-24-19-15-11-9-8-10-13-17-21-26-33(2)3/h33-35,37-42,44-46H,5-32H2,1-4H3/t34?,35-,37?,38-,39+,40?,41?/m0/s1. The van der Waals surface area contributed by atoms with Crippen molar-refractivity contribution < 1.29 is 39.4 Å². The molecule has 7 atom stereocenters. The minimum Gasteiger partial charge on any atom is -0.457 e. The molecule has 1 fully saturated rings. The molecule has 0 heterocycles. The van der Waals surface area contributed by atoms with E-state index in [1.807, 2.05) is 0 Å². The molecule has 1 rings (SSSR count). The molecule has 0 bridgehead atoms. The summed E-state index contributed by atoms with van der Waals surface area (Å²) in [4.78, 5) is 12.5. The third kappa shape index (κ3) is 24.2. The number of carbonyl (C=O) groups excluding carboxylic acids is 1. The van der Waals surface area contributed by atoms with Crippen molar-refractivity contribution in [3.05, 3.63) is 0 Å². The average Bonchev–Trinajstić information content (AvgIpc) is 3.27. The normalized spacial score (nSPS) is 22.2. The Labute approximate surface area is 301 Å². The average molecular weight is 701 g/mol. The summed E-state index contributed by atoms with van der Waals surface area (Å²) >= 11 is 0. The lowest BCUT2D eigenvalue weighted by Crippen LogP contribution is -2.41. The fourth-order valence-corrected chi connectivity index (χ4v) is 6.89. The second-order valence-corrected chi connectivity index (χ2v) is 15.6. The minimum atomic E-state index is -1.49. The number of hydrogen-bond acceptors (Lipinski definition) is 8. The van der Waals surface area contributed by atoms with Crippen LogP contribution < -0.4 is 0 Å². The van der Waals surface area contributed by atoms with Crippen LogP contribution in [0.15, 0.2) is 0 Å². The molecule has 49 heavy (non-hydrogen) atoms. The van der Waals surface area contributed by atoms with Crippen molar-refractivity contribution in [2.24, 2.45) is 11.8 Å². The number of unbranched alkanes of at least 4 members (excludes halogenated alkanes) is 18. The van der Waals surface area contributed by atoms with Crippen LogP contribution in [0.4, 0.5) is 0 Å². The summed E-state index contributed by atoms with van der Waals surface area (Å²) in [5.41, 5.74) is 0. The molecule has 8 heteroatoms. The van der Waals surface area contributed by atoms with Gasteiger partial charge in [0.25, 0.3) is 0 Å². The number of aliphatic hydroxyl groups is 4. The Bertz CT molecular complexity index is 749. The molecule has 1 aliphatic carbocycles. The van der Waals surface area contributed by atoms with E-state index in [0.717, 1.165) is 37.5 Å². The molecule has 0 saturated heterocycles. The number of esters is 1. The van der Waals surface area contributed by atoms with Crippen LogP contribution in [0.25, 0.3) is 0 Å². The number of ether oxygens (including phenoxy) is 3. The van der Waals surface area contributed by atoms with Gasteiger partial charge in [-0.25, -0.2) is 0 Å². The van der Waals surface area contributed by atoms with Gasteiger partial charge >= 0.3 is 5.97 Å². The van der Waals surface area contributed by atoms with Gasteiger partial charge < -0.3 is 34.6 Å². The lowest BCUT2D eigenvalue weighted by atomic mass is 9.96. The van der Waals surface area contributed by atoms with Crippen LogP contribution in [-0.2, 0) is 19.0 Å². The highest BCUT2D eigenvalue weighted by Gasteiger charge is 2.52. The maximum absolute atomic E-state index is 12.5. The first-order valence-corrected chi connectivity index (χ1v) is 20.8. The zero-order valence-electron chi connectivity index (χ0n) is 32.3. The van der Waals surface area contributed by atoms with E-state index in [1.54, 1.807) is 0 Å². The van der Waals surface area contributed by atoms with E-state index in [-0.39, 0.29) is 19.6 Å². The van der Waals surface area contributed by atoms with Crippen molar-refractivity contribution in [2.45, 2.75) is 225 Å². The zero-order valence-corrected chi connectivity index (χ0v) is 32.3. The van der Waals surface area contributed by atoms with E-state index in [0.29, 0.717) is 13.0 Å². The Hall–Kier alpha value is -0.770. The van der Waals surface area contributed by atoms with Gasteiger partial charge in [-0.2, -0.15) is 0 Å². The topological polar surface area (TPSA) is 126 Å². The first-order chi connectivity index (χ1) is 23.7. The molecule has 1 aliphatic rings. The van der Waals surface area contributed by atoms with Crippen molar-refractivity contribution in [1.29, 1.82) is 0 Å². The first kappa shape index (κ1) is 46.3. The number of hydrogen-bond donors (Lipinski definition) is 4. The van der Waals surface area contributed by atoms with Crippen molar-refractivity contribution >= 4 is 5.97 Å². The molecule has 0 aromatic rings. The molecule has 1 saturated carbocycles. The van der Waals surface area contributed by atoms with Gasteiger partial charge in [0.2, 0.25) is 0 Å². The lowest BCUT2D eigenvalue weighted by Gasteiger charge is -2.24. The summed E-state index contributed by atoms with van der Waals surface area (Å²) in [6.45, 7) is 9.72. The van der Waals surface area contributed by atoms with E-state index < -0.39 is 42.6 Å². The molecular formula is C41H80O8. The fourth-order valence-electron chi connectivity index (χ4n) is 6.89. The van der Waals surface area contributed by atoms with E-state index in [9.17, 15) is 25.2 Å². The van der Waals surface area contributed by atoms with Gasteiger partial charge in [-0.3, -0.25) is 4.79 Å². The molecule has 0 radical (unpaired) electrons. The molecule has 0 aromatic carbocycles. The predicted octanol–water partition coefficient (Wildman–Crippen LogP) is 8.82. The van der Waals surface area contributed by atoms with Gasteiger partial charge in [-0.1, -0.05) is 169 Å². The Kier molecular flexibility index (Phi) is 29.1. The minimum absolute atomic E-state index is 0.0906. The smallest absolute Gasteiger partial charge is 0.306 e. The highest BCUT2D eigenvalue weighted by atomic mass is 16.6. The van der Waals surface area contributed by atoms with E-state index in [2.05, 4.69) is 27.7 Å². The third-order valence-corrected chi connectivity index (χ3v) is 10.2. The summed E-state index contributed by atoms with van der Waals surface area (Å²) < 4.78 is 16.8. The second-order valence-electron chi connectivity index (χ2n) is 15.6. The molecule has 0 spiro atoms. The Balaban J connectivity index is 2.09. The van der Waals surface area contributed by atoms with E-state index in [4.69, 9.17) is 14.2 Å². The third-order valence-electron chi connectivity index (χ3n) is 10.2. The second kappa shape index (κ2) is 30.8. The summed E-state index contributed by atoms with van der Waals surface area (Å²) in [6.07, 6.45) is 22.3. The summed E-state index contributed by atoms with van der Waals surface area (Å²) in [7, 11) is 0. The monoisotopic (exact) mass is 701 g/mol. The molecule has 4 N–H and O–H groups in total. The van der Waals surface area contributed by atoms with Crippen LogP contribution in [0, 0.1) is 11.8 Å². The van der Waals surface area contributed by atoms with Crippen LogP contribution >= 0.6 is 0 Å². The molecule has 4 unspecified atom stereocenters. The summed E-state index contributed by atoms with van der Waals surface area (Å²) in [5, 5.41) is 41.4. The first-order valence-electron chi connectivity index (χ1n) is 20.8. The molecule has 0 aromatic heterocycles. The molecule has 0 amide bonds. The zero-order chi connectivity index (χ0) is 36.1. The Morgan fingerprint density at radius 3 is 1.59 bits per heavy atom. The van der Waals surface area contributed by atoms with Crippen LogP contribution in [-0.4, -0.2) is 82.8 Å². The predicted molar refractivity (Wildman–Crippen MR) is 200 cm³/mol. The van der Waals surface area contributed by atoms with Gasteiger partial charge in [-0.15, -0.1) is 0 Å². The van der Waals surface area contributed by atoms with Crippen LogP contribution in [0.3, 0.4) is 0 Å². The Morgan fingerprint density at radius 1 is 0.571 bits per heavy atom. The van der Waals surface area contributed by atoms with Crippen molar-refractivity contribution in [2.75, 3.05) is 19.8 Å². The largest absolute Gasteiger partial charge is 0.457 e.